The van der Waals surface area contributed by atoms with Crippen LogP contribution in [0.15, 0.2) is 0 Å². The summed E-state index contributed by atoms with van der Waals surface area (Å²) in [7, 11) is 0. The van der Waals surface area contributed by atoms with Crippen molar-refractivity contribution in [2.45, 2.75) is 0 Å². The third-order valence-corrected chi connectivity index (χ3v) is 0. The third kappa shape index (κ3) is 20.6. The number of halogens is 4. The van der Waals surface area contributed by atoms with Gasteiger partial charge in [-0.3, -0.25) is 0 Å². The van der Waals surface area contributed by atoms with Gasteiger partial charge in [0.15, 0.2) is 0 Å². The number of rotatable bonds is 0. The molecule has 0 atom stereocenters. The van der Waals surface area contributed by atoms with Crippen LogP contribution in [-0.4, -0.2) is 0 Å². The first kappa shape index (κ1) is 48.8. The summed E-state index contributed by atoms with van der Waals surface area (Å²) in [6, 6.07) is 0. The van der Waals surface area contributed by atoms with Crippen LogP contribution in [0, 0.1) is 0 Å². The first-order valence-electron chi connectivity index (χ1n) is 0. The van der Waals surface area contributed by atoms with Crippen LogP contribution in [0.1, 0.15) is 0 Å². The summed E-state index contributed by atoms with van der Waals surface area (Å²) < 4.78 is 0. The second kappa shape index (κ2) is 30.6. The molecule has 0 bridgehead atoms. The van der Waals surface area contributed by atoms with E-state index in [-0.39, 0.29) is 89.0 Å². The van der Waals surface area contributed by atoms with Crippen LogP contribution in [0.25, 0.3) is 0 Å². The Morgan fingerprint density at radius 1 is 0.400 bits per heavy atom. The number of hydrogen-bond donors (Lipinski definition) is 0. The Hall–Kier alpha value is 2.61. The van der Waals surface area contributed by atoms with Gasteiger partial charge in [-0.2, -0.15) is 0 Å². The van der Waals surface area contributed by atoms with Gasteiger partial charge in [-0.15, -0.1) is 67.9 Å². The molecule has 0 spiro atoms. The quantitative estimate of drug-likeness (QED) is 0.529. The van der Waals surface area contributed by atoms with Gasteiger partial charge < -0.3 is 0 Å². The molecule has 0 rings (SSSR count). The second-order valence-electron chi connectivity index (χ2n) is 0. The standard InChI is InChI=1S/4BrH.Mo/h4*1H;. The van der Waals surface area contributed by atoms with Crippen molar-refractivity contribution in [2.24, 2.45) is 0 Å². The molecule has 0 aliphatic carbocycles. The average Bonchev–Trinajstić information content (AvgIpc) is 0. The number of hydrogen-bond acceptors (Lipinski definition) is 0. The van der Waals surface area contributed by atoms with Crippen molar-refractivity contribution >= 4 is 67.9 Å². The molecular formula is H4Br4Mo. The van der Waals surface area contributed by atoms with Crippen molar-refractivity contribution in [3.8, 4) is 0 Å². The van der Waals surface area contributed by atoms with Crippen molar-refractivity contribution in [3.05, 3.63) is 0 Å². The fourth-order valence-electron chi connectivity index (χ4n) is 0. The summed E-state index contributed by atoms with van der Waals surface area (Å²) in [5.41, 5.74) is 0. The molecule has 0 radical (unpaired) electrons. The van der Waals surface area contributed by atoms with Crippen molar-refractivity contribution < 1.29 is 21.1 Å². The molecule has 0 aliphatic rings. The molecule has 0 unspecified atom stereocenters. The summed E-state index contributed by atoms with van der Waals surface area (Å²) in [5.74, 6) is 0. The SMILES string of the molecule is Br.Br.Br.Br.[Mo]. The molecule has 0 saturated carbocycles. The van der Waals surface area contributed by atoms with Crippen LogP contribution in [0.5, 0.6) is 0 Å². The van der Waals surface area contributed by atoms with Gasteiger partial charge in [0.05, 0.1) is 0 Å². The average molecular weight is 420 g/mol. The van der Waals surface area contributed by atoms with Gasteiger partial charge in [-0.1, -0.05) is 0 Å². The van der Waals surface area contributed by atoms with Gasteiger partial charge in [-0.25, -0.2) is 0 Å². The summed E-state index contributed by atoms with van der Waals surface area (Å²) in [4.78, 5) is 0. The molecule has 38 valence electrons. The molecule has 0 fully saturated rings. The summed E-state index contributed by atoms with van der Waals surface area (Å²) in [6.45, 7) is 0. The van der Waals surface area contributed by atoms with Crippen LogP contribution in [0.2, 0.25) is 0 Å². The first-order chi connectivity index (χ1) is 0. The maximum Gasteiger partial charge on any atom is 0 e. The van der Waals surface area contributed by atoms with Crippen molar-refractivity contribution in [1.82, 2.24) is 0 Å². The van der Waals surface area contributed by atoms with E-state index in [2.05, 4.69) is 0 Å². The molecule has 0 heterocycles. The first-order valence-corrected chi connectivity index (χ1v) is 0. The molecule has 5 heavy (non-hydrogen) atoms. The van der Waals surface area contributed by atoms with Crippen molar-refractivity contribution in [3.63, 3.8) is 0 Å². The Balaban J connectivity index is 0. The molecule has 5 heteroatoms. The predicted octanol–water partition coefficient (Wildman–Crippen LogP) is 2.31. The monoisotopic (exact) mass is 418 g/mol. The van der Waals surface area contributed by atoms with E-state index in [1.54, 1.807) is 0 Å². The van der Waals surface area contributed by atoms with Gasteiger partial charge in [0.1, 0.15) is 0 Å². The zero-order valence-electron chi connectivity index (χ0n) is 2.04. The second-order valence-corrected chi connectivity index (χ2v) is 0. The van der Waals surface area contributed by atoms with Gasteiger partial charge in [0.25, 0.3) is 0 Å². The Labute approximate surface area is 87.8 Å². The van der Waals surface area contributed by atoms with E-state index in [0.717, 1.165) is 0 Å². The Morgan fingerprint density at radius 2 is 0.400 bits per heavy atom. The summed E-state index contributed by atoms with van der Waals surface area (Å²) >= 11 is 0. The zero-order chi connectivity index (χ0) is 0. The largest absolute Gasteiger partial charge is 0.114 e. The maximum atomic E-state index is 0. The molecule has 0 aromatic rings. The maximum absolute atomic E-state index is 0. The van der Waals surface area contributed by atoms with E-state index in [4.69, 9.17) is 0 Å². The molecule has 0 nitrogen and oxygen atoms in total. The minimum Gasteiger partial charge on any atom is -0.114 e. The summed E-state index contributed by atoms with van der Waals surface area (Å²) in [5, 5.41) is 0. The summed E-state index contributed by atoms with van der Waals surface area (Å²) in [6.07, 6.45) is 0. The van der Waals surface area contributed by atoms with E-state index < -0.39 is 0 Å². The van der Waals surface area contributed by atoms with Crippen molar-refractivity contribution in [1.29, 1.82) is 0 Å². The molecule has 0 aromatic carbocycles. The molecule has 0 aromatic heterocycles. The molecule has 0 aliphatic heterocycles. The van der Waals surface area contributed by atoms with E-state index in [9.17, 15) is 0 Å². The normalized spacial score (nSPS) is 0. The molecule has 0 N–H and O–H groups in total. The Kier molecular flexibility index (Phi) is 298. The van der Waals surface area contributed by atoms with Gasteiger partial charge in [-0.05, 0) is 0 Å². The van der Waals surface area contributed by atoms with E-state index in [1.807, 2.05) is 0 Å². The van der Waals surface area contributed by atoms with Gasteiger partial charge in [0, 0.05) is 21.1 Å². The van der Waals surface area contributed by atoms with E-state index in [0.29, 0.717) is 0 Å². The van der Waals surface area contributed by atoms with Crippen LogP contribution < -0.4 is 0 Å². The molecular weight excluding hydrogens is 416 g/mol. The van der Waals surface area contributed by atoms with Crippen LogP contribution in [0.4, 0.5) is 0 Å². The van der Waals surface area contributed by atoms with Crippen LogP contribution in [0.3, 0.4) is 0 Å². The van der Waals surface area contributed by atoms with Gasteiger partial charge in [0.2, 0.25) is 0 Å². The van der Waals surface area contributed by atoms with Gasteiger partial charge >= 0.3 is 0 Å². The fourth-order valence-corrected chi connectivity index (χ4v) is 0. The Bertz CT molecular complexity index is 3.61. The third-order valence-electron chi connectivity index (χ3n) is 0. The molecule has 0 amide bonds. The smallest absolute Gasteiger partial charge is 0 e. The Morgan fingerprint density at radius 3 is 0.400 bits per heavy atom. The van der Waals surface area contributed by atoms with E-state index >= 15 is 0 Å². The fraction of sp³-hybridized carbons (Fsp3) is 0. The topological polar surface area (TPSA) is 0 Å². The van der Waals surface area contributed by atoms with Crippen molar-refractivity contribution in [2.75, 3.05) is 0 Å². The zero-order valence-corrected chi connectivity index (χ0v) is 10.9. The molecule has 0 saturated heterocycles. The van der Waals surface area contributed by atoms with Crippen LogP contribution >= 0.6 is 67.9 Å². The minimum absolute atomic E-state index is 0. The van der Waals surface area contributed by atoms with Crippen LogP contribution in [-0.2, 0) is 21.1 Å². The minimum atomic E-state index is 0. The predicted molar refractivity (Wildman–Crippen MR) is 41.3 cm³/mol. The van der Waals surface area contributed by atoms with E-state index in [1.165, 1.54) is 0 Å².